The van der Waals surface area contributed by atoms with Crippen LogP contribution in [-0.4, -0.2) is 24.3 Å². The van der Waals surface area contributed by atoms with Crippen LogP contribution in [0, 0.1) is 4.77 Å². The van der Waals surface area contributed by atoms with Crippen LogP contribution in [0.2, 0.25) is 0 Å². The summed E-state index contributed by atoms with van der Waals surface area (Å²) in [6, 6.07) is 0. The first-order valence-corrected chi connectivity index (χ1v) is 5.61. The predicted molar refractivity (Wildman–Crippen MR) is 63.8 cm³/mol. The van der Waals surface area contributed by atoms with Crippen molar-refractivity contribution < 1.29 is 0 Å². The fraction of sp³-hybridized carbons (Fsp3) is 0.500. The van der Waals surface area contributed by atoms with E-state index in [1.165, 1.54) is 5.69 Å². The highest BCUT2D eigenvalue weighted by Gasteiger charge is 2.10. The van der Waals surface area contributed by atoms with E-state index in [0.717, 1.165) is 10.6 Å². The quantitative estimate of drug-likeness (QED) is 0.829. The summed E-state index contributed by atoms with van der Waals surface area (Å²) in [7, 11) is 1.86. The number of rotatable bonds is 3. The van der Waals surface area contributed by atoms with Crippen LogP contribution in [0.5, 0.6) is 0 Å². The van der Waals surface area contributed by atoms with E-state index in [4.69, 9.17) is 12.2 Å². The van der Waals surface area contributed by atoms with Crippen LogP contribution in [0.15, 0.2) is 12.5 Å². The van der Waals surface area contributed by atoms with Crippen molar-refractivity contribution in [1.82, 2.24) is 24.3 Å². The summed E-state index contributed by atoms with van der Waals surface area (Å²) in [5.41, 5.74) is 1.18. The van der Waals surface area contributed by atoms with Gasteiger partial charge in [0.05, 0.1) is 6.54 Å². The summed E-state index contributed by atoms with van der Waals surface area (Å²) in [5.74, 6) is 1.21. The minimum absolute atomic E-state index is 0.427. The molecule has 0 unspecified atom stereocenters. The first kappa shape index (κ1) is 11.1. The number of aromatic amines is 1. The molecular formula is C10H15N5S. The molecule has 16 heavy (non-hydrogen) atoms. The van der Waals surface area contributed by atoms with E-state index in [1.54, 1.807) is 11.0 Å². The average molecular weight is 237 g/mol. The van der Waals surface area contributed by atoms with Gasteiger partial charge in [-0.15, -0.1) is 0 Å². The van der Waals surface area contributed by atoms with Gasteiger partial charge in [-0.2, -0.15) is 5.10 Å². The van der Waals surface area contributed by atoms with Crippen molar-refractivity contribution in [2.45, 2.75) is 26.3 Å². The van der Waals surface area contributed by atoms with Crippen molar-refractivity contribution in [3.63, 3.8) is 0 Å². The maximum Gasteiger partial charge on any atom is 0.177 e. The molecule has 86 valence electrons. The highest BCUT2D eigenvalue weighted by atomic mass is 32.1. The van der Waals surface area contributed by atoms with Crippen LogP contribution in [0.1, 0.15) is 31.3 Å². The van der Waals surface area contributed by atoms with E-state index < -0.39 is 0 Å². The van der Waals surface area contributed by atoms with Crippen molar-refractivity contribution in [3.8, 4) is 0 Å². The third-order valence-corrected chi connectivity index (χ3v) is 2.78. The minimum atomic E-state index is 0.427. The zero-order valence-electron chi connectivity index (χ0n) is 9.64. The van der Waals surface area contributed by atoms with Crippen LogP contribution in [0.4, 0.5) is 0 Å². The average Bonchev–Trinajstić information content (AvgIpc) is 2.76. The number of aromatic nitrogens is 5. The number of imidazole rings is 1. The molecule has 2 rings (SSSR count). The Balaban J connectivity index is 2.33. The highest BCUT2D eigenvalue weighted by Crippen LogP contribution is 2.15. The molecule has 0 amide bonds. The molecule has 0 saturated carbocycles. The lowest BCUT2D eigenvalue weighted by Crippen LogP contribution is -2.07. The summed E-state index contributed by atoms with van der Waals surface area (Å²) in [6.45, 7) is 4.90. The van der Waals surface area contributed by atoms with Gasteiger partial charge in [-0.05, 0) is 18.1 Å². The summed E-state index contributed by atoms with van der Waals surface area (Å²) >= 11 is 5.24. The Morgan fingerprint density at radius 1 is 1.50 bits per heavy atom. The Hall–Kier alpha value is -1.43. The monoisotopic (exact) mass is 237 g/mol. The maximum absolute atomic E-state index is 5.24. The SMILES string of the molecule is CC(C)c1c[nH]c(=S)n1Cc1ncn(C)n1. The fourth-order valence-corrected chi connectivity index (χ4v) is 1.88. The van der Waals surface area contributed by atoms with Crippen molar-refractivity contribution in [2.24, 2.45) is 7.05 Å². The molecule has 5 nitrogen and oxygen atoms in total. The molecule has 2 aromatic rings. The summed E-state index contributed by atoms with van der Waals surface area (Å²) < 4.78 is 4.45. The Kier molecular flexibility index (Phi) is 2.91. The molecule has 0 fully saturated rings. The van der Waals surface area contributed by atoms with Crippen molar-refractivity contribution in [2.75, 3.05) is 0 Å². The number of H-pyrrole nitrogens is 1. The fourth-order valence-electron chi connectivity index (χ4n) is 1.65. The van der Waals surface area contributed by atoms with Crippen molar-refractivity contribution in [1.29, 1.82) is 0 Å². The summed E-state index contributed by atoms with van der Waals surface area (Å²) in [6.07, 6.45) is 3.65. The second-order valence-electron chi connectivity index (χ2n) is 4.09. The van der Waals surface area contributed by atoms with E-state index in [1.807, 2.05) is 17.8 Å². The number of hydrogen-bond donors (Lipinski definition) is 1. The lowest BCUT2D eigenvalue weighted by molar-refractivity contribution is 0.649. The van der Waals surface area contributed by atoms with E-state index in [2.05, 4.69) is 28.9 Å². The van der Waals surface area contributed by atoms with Crippen LogP contribution < -0.4 is 0 Å². The molecule has 0 aliphatic carbocycles. The number of nitrogens with one attached hydrogen (secondary N) is 1. The zero-order chi connectivity index (χ0) is 11.7. The zero-order valence-corrected chi connectivity index (χ0v) is 10.5. The predicted octanol–water partition coefficient (Wildman–Crippen LogP) is 1.85. The first-order chi connectivity index (χ1) is 7.58. The van der Waals surface area contributed by atoms with Gasteiger partial charge in [0.15, 0.2) is 10.6 Å². The number of aryl methyl sites for hydroxylation is 1. The molecular weight excluding hydrogens is 222 g/mol. The molecule has 0 aliphatic rings. The highest BCUT2D eigenvalue weighted by molar-refractivity contribution is 7.71. The normalized spacial score (nSPS) is 11.2. The van der Waals surface area contributed by atoms with Gasteiger partial charge >= 0.3 is 0 Å². The van der Waals surface area contributed by atoms with Gasteiger partial charge in [0.25, 0.3) is 0 Å². The third kappa shape index (κ3) is 2.06. The number of hydrogen-bond acceptors (Lipinski definition) is 3. The van der Waals surface area contributed by atoms with E-state index in [9.17, 15) is 0 Å². The third-order valence-electron chi connectivity index (χ3n) is 2.44. The molecule has 1 N–H and O–H groups in total. The molecule has 0 spiro atoms. The molecule has 0 radical (unpaired) electrons. The van der Waals surface area contributed by atoms with Crippen LogP contribution in [-0.2, 0) is 13.6 Å². The van der Waals surface area contributed by atoms with Gasteiger partial charge in [0.2, 0.25) is 0 Å². The Morgan fingerprint density at radius 2 is 2.25 bits per heavy atom. The van der Waals surface area contributed by atoms with Gasteiger partial charge in [-0.3, -0.25) is 4.68 Å². The largest absolute Gasteiger partial charge is 0.337 e. The second-order valence-corrected chi connectivity index (χ2v) is 4.48. The summed E-state index contributed by atoms with van der Waals surface area (Å²) in [4.78, 5) is 7.26. The van der Waals surface area contributed by atoms with Crippen LogP contribution >= 0.6 is 12.2 Å². The van der Waals surface area contributed by atoms with Gasteiger partial charge in [-0.25, -0.2) is 4.98 Å². The van der Waals surface area contributed by atoms with Gasteiger partial charge in [0, 0.05) is 18.9 Å². The van der Waals surface area contributed by atoms with E-state index in [-0.39, 0.29) is 0 Å². The lowest BCUT2D eigenvalue weighted by Gasteiger charge is -2.08. The molecule has 0 saturated heterocycles. The first-order valence-electron chi connectivity index (χ1n) is 5.20. The smallest absolute Gasteiger partial charge is 0.177 e. The second kappa shape index (κ2) is 4.21. The van der Waals surface area contributed by atoms with Crippen molar-refractivity contribution >= 4 is 12.2 Å². The van der Waals surface area contributed by atoms with Crippen LogP contribution in [0.3, 0.4) is 0 Å². The Labute approximate surface area is 99.1 Å². The molecule has 0 bridgehead atoms. The van der Waals surface area contributed by atoms with Gasteiger partial charge < -0.3 is 9.55 Å². The molecule has 2 aromatic heterocycles. The molecule has 2 heterocycles. The van der Waals surface area contributed by atoms with Gasteiger partial charge in [0.1, 0.15) is 6.33 Å². The van der Waals surface area contributed by atoms with E-state index in [0.29, 0.717) is 12.5 Å². The maximum atomic E-state index is 5.24. The lowest BCUT2D eigenvalue weighted by atomic mass is 10.1. The summed E-state index contributed by atoms with van der Waals surface area (Å²) in [5, 5.41) is 4.25. The molecule has 0 atom stereocenters. The van der Waals surface area contributed by atoms with Crippen LogP contribution in [0.25, 0.3) is 0 Å². The standard InChI is InChI=1S/C10H15N5S/c1-7(2)8-4-11-10(16)15(8)5-9-12-6-14(3)13-9/h4,6-7H,5H2,1-3H3,(H,11,16). The Bertz CT molecular complexity index is 533. The van der Waals surface area contributed by atoms with Crippen molar-refractivity contribution in [3.05, 3.63) is 28.8 Å². The van der Waals surface area contributed by atoms with Gasteiger partial charge in [-0.1, -0.05) is 13.8 Å². The Morgan fingerprint density at radius 3 is 2.81 bits per heavy atom. The van der Waals surface area contributed by atoms with E-state index >= 15 is 0 Å². The topological polar surface area (TPSA) is 51.4 Å². The minimum Gasteiger partial charge on any atom is -0.337 e. The number of nitrogens with zero attached hydrogens (tertiary/aromatic N) is 4. The molecule has 6 heteroatoms. The molecule has 0 aromatic carbocycles. The molecule has 0 aliphatic heterocycles.